The maximum Gasteiger partial charge on any atom is 0.152 e. The van der Waals surface area contributed by atoms with Crippen molar-refractivity contribution in [1.82, 2.24) is 4.90 Å². The third-order valence-electron chi connectivity index (χ3n) is 3.43. The van der Waals surface area contributed by atoms with Crippen molar-refractivity contribution in [3.63, 3.8) is 0 Å². The molecule has 0 saturated carbocycles. The number of rotatable bonds is 2. The Balaban J connectivity index is 0.00000180. The number of benzene rings is 1. The highest BCUT2D eigenvalue weighted by Gasteiger charge is 2.22. The van der Waals surface area contributed by atoms with Crippen LogP contribution in [0.4, 0.5) is 0 Å². The van der Waals surface area contributed by atoms with E-state index in [1.165, 1.54) is 6.42 Å². The molecule has 1 aliphatic heterocycles. The minimum Gasteiger partial charge on any atom is -0.505 e. The Bertz CT molecular complexity index is 406. The number of nitrogens with zero attached hydrogens (tertiary/aromatic N) is 1. The third-order valence-corrected chi connectivity index (χ3v) is 4.00. The van der Waals surface area contributed by atoms with Crippen molar-refractivity contribution in [2.24, 2.45) is 11.8 Å². The molecule has 5 heteroatoms. The first-order valence-electron chi connectivity index (χ1n) is 6.35. The Kier molecular flexibility index (Phi) is 6.25. The lowest BCUT2D eigenvalue weighted by atomic mass is 9.91. The molecule has 1 aromatic carbocycles. The summed E-state index contributed by atoms with van der Waals surface area (Å²) < 4.78 is 0. The van der Waals surface area contributed by atoms with Crippen molar-refractivity contribution in [2.45, 2.75) is 26.8 Å². The lowest BCUT2D eigenvalue weighted by molar-refractivity contribution is 0.134. The number of likely N-dealkylation sites (tertiary alicyclic amines) is 1. The third kappa shape index (κ3) is 4.42. The van der Waals surface area contributed by atoms with Gasteiger partial charge < -0.3 is 5.11 Å². The monoisotopic (exact) mass is 323 g/mol. The van der Waals surface area contributed by atoms with Gasteiger partial charge in [0.25, 0.3) is 0 Å². The van der Waals surface area contributed by atoms with Crippen LogP contribution in [-0.2, 0) is 6.54 Å². The van der Waals surface area contributed by atoms with Gasteiger partial charge in [0.05, 0.1) is 10.0 Å². The molecule has 1 aliphatic rings. The molecule has 19 heavy (non-hydrogen) atoms. The smallest absolute Gasteiger partial charge is 0.152 e. The van der Waals surface area contributed by atoms with Gasteiger partial charge in [-0.05, 0) is 36.0 Å². The van der Waals surface area contributed by atoms with E-state index in [2.05, 4.69) is 18.7 Å². The molecule has 1 fully saturated rings. The van der Waals surface area contributed by atoms with Gasteiger partial charge in [-0.25, -0.2) is 0 Å². The average molecular weight is 325 g/mol. The van der Waals surface area contributed by atoms with E-state index in [4.69, 9.17) is 23.2 Å². The lowest BCUT2D eigenvalue weighted by Crippen LogP contribution is -2.38. The van der Waals surface area contributed by atoms with Crippen LogP contribution in [0.15, 0.2) is 12.1 Å². The number of piperidine rings is 1. The van der Waals surface area contributed by atoms with E-state index in [-0.39, 0.29) is 18.2 Å². The van der Waals surface area contributed by atoms with Crippen molar-refractivity contribution in [3.8, 4) is 5.75 Å². The highest BCUT2D eigenvalue weighted by molar-refractivity contribution is 6.37. The molecule has 1 N–H and O–H groups in total. The zero-order valence-corrected chi connectivity index (χ0v) is 13.5. The maximum absolute atomic E-state index is 9.54. The number of hydrogen-bond acceptors (Lipinski definition) is 2. The molecule has 0 amide bonds. The van der Waals surface area contributed by atoms with Crippen molar-refractivity contribution in [1.29, 1.82) is 0 Å². The van der Waals surface area contributed by atoms with E-state index in [1.54, 1.807) is 12.1 Å². The molecule has 2 nitrogen and oxygen atoms in total. The van der Waals surface area contributed by atoms with Crippen molar-refractivity contribution in [2.75, 3.05) is 13.1 Å². The number of halogens is 3. The molecule has 108 valence electrons. The van der Waals surface area contributed by atoms with E-state index < -0.39 is 0 Å². The molecule has 0 aromatic heterocycles. The standard InChI is InChI=1S/C14H19Cl2NO.ClH/c1-9-3-10(2)7-17(6-9)8-11-4-12(15)14(18)13(16)5-11;/h4-5,9-10,18H,3,6-8H2,1-2H3;1H. The molecule has 1 saturated heterocycles. The molecule has 2 rings (SSSR count). The summed E-state index contributed by atoms with van der Waals surface area (Å²) in [6, 6.07) is 3.60. The van der Waals surface area contributed by atoms with E-state index in [0.29, 0.717) is 10.0 Å². The van der Waals surface area contributed by atoms with Gasteiger partial charge in [-0.3, -0.25) is 4.90 Å². The van der Waals surface area contributed by atoms with Crippen LogP contribution in [0, 0.1) is 11.8 Å². The Hall–Kier alpha value is -0.150. The molecule has 1 aromatic rings. The van der Waals surface area contributed by atoms with Crippen LogP contribution in [-0.4, -0.2) is 23.1 Å². The van der Waals surface area contributed by atoms with E-state index in [1.807, 2.05) is 0 Å². The summed E-state index contributed by atoms with van der Waals surface area (Å²) in [6.07, 6.45) is 1.30. The van der Waals surface area contributed by atoms with Crippen LogP contribution in [0.3, 0.4) is 0 Å². The molecule has 2 atom stereocenters. The summed E-state index contributed by atoms with van der Waals surface area (Å²) in [5, 5.41) is 10.2. The molecule has 0 spiro atoms. The van der Waals surface area contributed by atoms with Crippen LogP contribution in [0.25, 0.3) is 0 Å². The van der Waals surface area contributed by atoms with E-state index in [9.17, 15) is 5.11 Å². The van der Waals surface area contributed by atoms with Crippen molar-refractivity contribution in [3.05, 3.63) is 27.7 Å². The second-order valence-electron chi connectivity index (χ2n) is 5.55. The maximum atomic E-state index is 9.54. The first-order chi connectivity index (χ1) is 8.45. The number of hydrogen-bond donors (Lipinski definition) is 1. The minimum atomic E-state index is -0.0255. The quantitative estimate of drug-likeness (QED) is 0.859. The van der Waals surface area contributed by atoms with Gasteiger partial charge in [-0.1, -0.05) is 37.0 Å². The zero-order chi connectivity index (χ0) is 13.3. The number of phenols is 1. The Morgan fingerprint density at radius 2 is 1.63 bits per heavy atom. The molecule has 0 radical (unpaired) electrons. The van der Waals surface area contributed by atoms with Crippen molar-refractivity contribution < 1.29 is 5.11 Å². The normalized spacial score (nSPS) is 24.0. The predicted molar refractivity (Wildman–Crippen MR) is 83.6 cm³/mol. The first kappa shape index (κ1) is 16.9. The summed E-state index contributed by atoms with van der Waals surface area (Å²) in [4.78, 5) is 2.43. The van der Waals surface area contributed by atoms with Crippen LogP contribution >= 0.6 is 35.6 Å². The second kappa shape index (κ2) is 7.03. The largest absolute Gasteiger partial charge is 0.505 e. The zero-order valence-electron chi connectivity index (χ0n) is 11.2. The molecular formula is C14H20Cl3NO. The first-order valence-corrected chi connectivity index (χ1v) is 7.10. The van der Waals surface area contributed by atoms with Crippen LogP contribution in [0.5, 0.6) is 5.75 Å². The van der Waals surface area contributed by atoms with Gasteiger partial charge in [-0.15, -0.1) is 12.4 Å². The van der Waals surface area contributed by atoms with E-state index >= 15 is 0 Å². The Morgan fingerprint density at radius 3 is 2.11 bits per heavy atom. The predicted octanol–water partition coefficient (Wildman–Crippen LogP) is 4.60. The van der Waals surface area contributed by atoms with Gasteiger partial charge in [0, 0.05) is 19.6 Å². The molecule has 0 bridgehead atoms. The highest BCUT2D eigenvalue weighted by Crippen LogP contribution is 2.33. The van der Waals surface area contributed by atoms with Crippen LogP contribution in [0.2, 0.25) is 10.0 Å². The lowest BCUT2D eigenvalue weighted by Gasteiger charge is -2.35. The van der Waals surface area contributed by atoms with Crippen LogP contribution in [0.1, 0.15) is 25.8 Å². The average Bonchev–Trinajstić information content (AvgIpc) is 2.24. The molecule has 1 heterocycles. The Morgan fingerprint density at radius 1 is 1.16 bits per heavy atom. The molecule has 0 aliphatic carbocycles. The summed E-state index contributed by atoms with van der Waals surface area (Å²) in [7, 11) is 0. The van der Waals surface area contributed by atoms with E-state index in [0.717, 1.165) is 37.0 Å². The fraction of sp³-hybridized carbons (Fsp3) is 0.571. The summed E-state index contributed by atoms with van der Waals surface area (Å²) in [6.45, 7) is 7.65. The molecule has 2 unspecified atom stereocenters. The fourth-order valence-corrected chi connectivity index (χ4v) is 3.42. The van der Waals surface area contributed by atoms with Gasteiger partial charge in [0.1, 0.15) is 0 Å². The topological polar surface area (TPSA) is 23.5 Å². The summed E-state index contributed by atoms with van der Waals surface area (Å²) in [5.41, 5.74) is 1.06. The Labute approximate surface area is 131 Å². The number of phenolic OH excluding ortho intramolecular Hbond substituents is 1. The SMILES string of the molecule is CC1CC(C)CN(Cc2cc(Cl)c(O)c(Cl)c2)C1.Cl. The minimum absolute atomic E-state index is 0. The number of aromatic hydroxyl groups is 1. The highest BCUT2D eigenvalue weighted by atomic mass is 35.5. The van der Waals surface area contributed by atoms with Gasteiger partial charge in [0.15, 0.2) is 5.75 Å². The summed E-state index contributed by atoms with van der Waals surface area (Å²) in [5.74, 6) is 1.44. The van der Waals surface area contributed by atoms with Gasteiger partial charge in [-0.2, -0.15) is 0 Å². The van der Waals surface area contributed by atoms with Gasteiger partial charge in [0.2, 0.25) is 0 Å². The van der Waals surface area contributed by atoms with Crippen LogP contribution < -0.4 is 0 Å². The summed E-state index contributed by atoms with van der Waals surface area (Å²) >= 11 is 11.9. The molecular weight excluding hydrogens is 305 g/mol. The second-order valence-corrected chi connectivity index (χ2v) is 6.36. The van der Waals surface area contributed by atoms with Crippen molar-refractivity contribution >= 4 is 35.6 Å². The fourth-order valence-electron chi connectivity index (χ4n) is 2.89. The van der Waals surface area contributed by atoms with Gasteiger partial charge >= 0.3 is 0 Å².